The Hall–Kier alpha value is -3.22. The van der Waals surface area contributed by atoms with Crippen molar-refractivity contribution >= 4 is 54.2 Å². The molecule has 5 nitrogen and oxygen atoms in total. The normalized spacial score (nSPS) is 11.4. The predicted molar refractivity (Wildman–Crippen MR) is 110 cm³/mol. The topological polar surface area (TPSA) is 89.8 Å². The van der Waals surface area contributed by atoms with E-state index in [2.05, 4.69) is 70.0 Å². The third-order valence-electron chi connectivity index (χ3n) is 4.57. The average Bonchev–Trinajstić information content (AvgIpc) is 3.05. The number of hydrogen-bond donors (Lipinski definition) is 3. The molecule has 0 atom stereocenters. The minimum atomic E-state index is 0.199. The summed E-state index contributed by atoms with van der Waals surface area (Å²) >= 11 is 1.81. The molecule has 6 heteroatoms. The zero-order valence-corrected chi connectivity index (χ0v) is 14.5. The van der Waals surface area contributed by atoms with E-state index in [1.807, 2.05) is 17.4 Å². The fourth-order valence-electron chi connectivity index (χ4n) is 3.40. The molecule has 0 unspecified atom stereocenters. The number of anilines is 2. The number of nitrogens with one attached hydrogen (secondary N) is 1. The third kappa shape index (κ3) is 2.20. The van der Waals surface area contributed by atoms with Gasteiger partial charge in [0.15, 0.2) is 5.82 Å². The van der Waals surface area contributed by atoms with Crippen molar-refractivity contribution in [3.8, 4) is 11.1 Å². The van der Waals surface area contributed by atoms with Crippen LogP contribution in [0.1, 0.15) is 0 Å². The number of nitrogen functional groups attached to an aromatic ring is 2. The van der Waals surface area contributed by atoms with Crippen LogP contribution in [-0.4, -0.2) is 9.97 Å². The molecule has 3 aromatic carbocycles. The van der Waals surface area contributed by atoms with Crippen LogP contribution in [0.25, 0.3) is 42.2 Å². The van der Waals surface area contributed by atoms with Crippen LogP contribution in [0, 0.1) is 0 Å². The molecule has 126 valence electrons. The fourth-order valence-corrected chi connectivity index (χ4v) is 4.64. The first-order chi connectivity index (χ1) is 12.7. The van der Waals surface area contributed by atoms with E-state index in [1.165, 1.54) is 25.7 Å². The van der Waals surface area contributed by atoms with Crippen molar-refractivity contribution in [2.75, 3.05) is 11.2 Å². The van der Waals surface area contributed by atoms with Crippen LogP contribution in [0.2, 0.25) is 0 Å². The van der Waals surface area contributed by atoms with Crippen molar-refractivity contribution in [3.05, 3.63) is 60.7 Å². The van der Waals surface area contributed by atoms with Crippen LogP contribution < -0.4 is 17.0 Å². The molecule has 0 saturated heterocycles. The number of rotatable bonds is 2. The second-order valence-corrected chi connectivity index (χ2v) is 7.14. The summed E-state index contributed by atoms with van der Waals surface area (Å²) in [6.45, 7) is 0. The van der Waals surface area contributed by atoms with E-state index in [1.54, 1.807) is 0 Å². The minimum absolute atomic E-state index is 0.199. The van der Waals surface area contributed by atoms with Crippen molar-refractivity contribution in [2.45, 2.75) is 0 Å². The van der Waals surface area contributed by atoms with E-state index in [9.17, 15) is 0 Å². The van der Waals surface area contributed by atoms with Crippen molar-refractivity contribution in [1.29, 1.82) is 0 Å². The molecule has 5 N–H and O–H groups in total. The van der Waals surface area contributed by atoms with Crippen LogP contribution in [0.3, 0.4) is 0 Å². The van der Waals surface area contributed by atoms with Crippen molar-refractivity contribution in [1.82, 2.24) is 9.97 Å². The Labute approximate surface area is 153 Å². The van der Waals surface area contributed by atoms with E-state index < -0.39 is 0 Å². The molecule has 0 aliphatic heterocycles. The highest BCUT2D eigenvalue weighted by molar-refractivity contribution is 7.26. The summed E-state index contributed by atoms with van der Waals surface area (Å²) in [7, 11) is 0. The minimum Gasteiger partial charge on any atom is -0.368 e. The van der Waals surface area contributed by atoms with Crippen molar-refractivity contribution < 1.29 is 0 Å². The van der Waals surface area contributed by atoms with Gasteiger partial charge in [-0.25, -0.2) is 10.8 Å². The molecule has 0 saturated carbocycles. The molecule has 0 fully saturated rings. The van der Waals surface area contributed by atoms with E-state index in [-0.39, 0.29) is 5.95 Å². The Balaban J connectivity index is 1.81. The van der Waals surface area contributed by atoms with E-state index >= 15 is 0 Å². The molecule has 2 aromatic heterocycles. The van der Waals surface area contributed by atoms with Gasteiger partial charge in [0, 0.05) is 25.6 Å². The Morgan fingerprint density at radius 2 is 1.69 bits per heavy atom. The standard InChI is InChI=1S/C20H15N5S/c21-20-23-16-9-8-11(10-15(16)19(24-20)25-22)12-5-3-6-14-13-4-1-2-7-17(13)26-18(12)14/h1-10H,22H2,(H3,21,23,24,25). The average molecular weight is 357 g/mol. The lowest BCUT2D eigenvalue weighted by molar-refractivity contribution is 1.19. The maximum Gasteiger partial charge on any atom is 0.222 e. The molecule has 5 aromatic rings. The maximum absolute atomic E-state index is 5.75. The van der Waals surface area contributed by atoms with E-state index in [0.717, 1.165) is 16.5 Å². The molecule has 0 bridgehead atoms. The van der Waals surface area contributed by atoms with E-state index in [4.69, 9.17) is 11.6 Å². The lowest BCUT2D eigenvalue weighted by Crippen LogP contribution is -2.11. The second-order valence-electron chi connectivity index (χ2n) is 6.09. The quantitative estimate of drug-likeness (QED) is 0.319. The first-order valence-corrected chi connectivity index (χ1v) is 9.01. The molecular formula is C20H15N5S. The number of benzene rings is 3. The number of nitrogens with zero attached hydrogens (tertiary/aromatic N) is 2. The largest absolute Gasteiger partial charge is 0.368 e. The molecule has 0 radical (unpaired) electrons. The Kier molecular flexibility index (Phi) is 3.28. The van der Waals surface area contributed by atoms with Gasteiger partial charge in [0.1, 0.15) is 0 Å². The Bertz CT molecular complexity index is 1290. The fraction of sp³-hybridized carbons (Fsp3) is 0. The molecule has 26 heavy (non-hydrogen) atoms. The van der Waals surface area contributed by atoms with Gasteiger partial charge in [-0.3, -0.25) is 0 Å². The van der Waals surface area contributed by atoms with Crippen molar-refractivity contribution in [2.24, 2.45) is 5.84 Å². The summed E-state index contributed by atoms with van der Waals surface area (Å²) in [5, 5.41) is 3.40. The van der Waals surface area contributed by atoms with Gasteiger partial charge in [0.25, 0.3) is 0 Å². The summed E-state index contributed by atoms with van der Waals surface area (Å²) in [6, 6.07) is 21.0. The summed E-state index contributed by atoms with van der Waals surface area (Å²) in [5.74, 6) is 6.35. The molecule has 0 spiro atoms. The van der Waals surface area contributed by atoms with Gasteiger partial charge in [-0.2, -0.15) is 4.98 Å². The number of hydrogen-bond acceptors (Lipinski definition) is 6. The van der Waals surface area contributed by atoms with Crippen LogP contribution in [0.4, 0.5) is 11.8 Å². The van der Waals surface area contributed by atoms with Crippen molar-refractivity contribution in [3.63, 3.8) is 0 Å². The smallest absolute Gasteiger partial charge is 0.222 e. The lowest BCUT2D eigenvalue weighted by Gasteiger charge is -2.09. The lowest BCUT2D eigenvalue weighted by atomic mass is 10.0. The number of hydrazine groups is 1. The molecule has 0 aliphatic carbocycles. The third-order valence-corrected chi connectivity index (χ3v) is 5.78. The highest BCUT2D eigenvalue weighted by atomic mass is 32.1. The zero-order chi connectivity index (χ0) is 17.7. The zero-order valence-electron chi connectivity index (χ0n) is 13.7. The molecule has 0 amide bonds. The summed E-state index contributed by atoms with van der Waals surface area (Å²) in [5.41, 5.74) is 11.4. The second kappa shape index (κ2) is 5.66. The SMILES string of the molecule is NNc1nc(N)nc2ccc(-c3cccc4c3sc3ccccc34)cc12. The molecule has 5 rings (SSSR count). The van der Waals surface area contributed by atoms with Gasteiger partial charge in [-0.05, 0) is 29.3 Å². The van der Waals surface area contributed by atoms with Crippen LogP contribution in [0.15, 0.2) is 60.7 Å². The van der Waals surface area contributed by atoms with Gasteiger partial charge in [-0.15, -0.1) is 11.3 Å². The van der Waals surface area contributed by atoms with Gasteiger partial charge in [-0.1, -0.05) is 42.5 Å². The first-order valence-electron chi connectivity index (χ1n) is 8.19. The predicted octanol–water partition coefficient (Wildman–Crippen LogP) is 4.53. The van der Waals surface area contributed by atoms with Gasteiger partial charge >= 0.3 is 0 Å². The van der Waals surface area contributed by atoms with Crippen LogP contribution in [-0.2, 0) is 0 Å². The van der Waals surface area contributed by atoms with Gasteiger partial charge < -0.3 is 11.2 Å². The number of nitrogens with two attached hydrogens (primary N) is 2. The molecule has 2 heterocycles. The number of aromatic nitrogens is 2. The Morgan fingerprint density at radius 3 is 2.58 bits per heavy atom. The summed E-state index contributed by atoms with van der Waals surface area (Å²) in [4.78, 5) is 8.47. The van der Waals surface area contributed by atoms with Crippen LogP contribution >= 0.6 is 11.3 Å². The highest BCUT2D eigenvalue weighted by Crippen LogP contribution is 2.40. The summed E-state index contributed by atoms with van der Waals surface area (Å²) < 4.78 is 2.56. The van der Waals surface area contributed by atoms with Gasteiger partial charge in [0.2, 0.25) is 5.95 Å². The maximum atomic E-state index is 5.75. The Morgan fingerprint density at radius 1 is 0.846 bits per heavy atom. The molecule has 0 aliphatic rings. The molecular weight excluding hydrogens is 342 g/mol. The van der Waals surface area contributed by atoms with Gasteiger partial charge in [0.05, 0.1) is 5.52 Å². The highest BCUT2D eigenvalue weighted by Gasteiger charge is 2.12. The van der Waals surface area contributed by atoms with E-state index in [0.29, 0.717) is 5.82 Å². The van der Waals surface area contributed by atoms with Crippen LogP contribution in [0.5, 0.6) is 0 Å². The first kappa shape index (κ1) is 15.1. The number of thiophene rings is 1. The summed E-state index contributed by atoms with van der Waals surface area (Å²) in [6.07, 6.45) is 0. The monoisotopic (exact) mass is 357 g/mol. The number of fused-ring (bicyclic) bond motifs is 4.